The Bertz CT molecular complexity index is 110. The standard InChI is InChI=1S/C7H16N2O/c1-3-8-4-7(10)5-9(2)6-7/h8,10H,3-6H2,1-2H3. The van der Waals surface area contributed by atoms with Crippen LogP contribution in [0.4, 0.5) is 0 Å². The van der Waals surface area contributed by atoms with Crippen molar-refractivity contribution < 1.29 is 5.11 Å². The first kappa shape index (κ1) is 7.98. The molecule has 10 heavy (non-hydrogen) atoms. The van der Waals surface area contributed by atoms with E-state index in [4.69, 9.17) is 0 Å². The van der Waals surface area contributed by atoms with Crippen LogP contribution in [-0.2, 0) is 0 Å². The van der Waals surface area contributed by atoms with Crippen LogP contribution in [0.1, 0.15) is 6.92 Å². The van der Waals surface area contributed by atoms with Crippen molar-refractivity contribution in [3.63, 3.8) is 0 Å². The predicted octanol–water partition coefficient (Wildman–Crippen LogP) is -0.728. The molecule has 0 aromatic rings. The molecule has 3 nitrogen and oxygen atoms in total. The normalized spacial score (nSPS) is 24.3. The first-order valence-corrected chi connectivity index (χ1v) is 3.78. The number of likely N-dealkylation sites (tertiary alicyclic amines) is 1. The van der Waals surface area contributed by atoms with E-state index in [9.17, 15) is 5.11 Å². The highest BCUT2D eigenvalue weighted by Gasteiger charge is 2.38. The molecule has 0 unspecified atom stereocenters. The average Bonchev–Trinajstić information content (AvgIpc) is 1.81. The van der Waals surface area contributed by atoms with Crippen LogP contribution in [0.25, 0.3) is 0 Å². The smallest absolute Gasteiger partial charge is 0.102 e. The third-order valence-corrected chi connectivity index (χ3v) is 1.83. The maximum absolute atomic E-state index is 9.61. The van der Waals surface area contributed by atoms with E-state index in [2.05, 4.69) is 10.2 Å². The fourth-order valence-corrected chi connectivity index (χ4v) is 1.43. The zero-order chi connectivity index (χ0) is 7.61. The minimum atomic E-state index is -0.440. The van der Waals surface area contributed by atoms with Crippen LogP contribution in [-0.4, -0.2) is 48.8 Å². The average molecular weight is 144 g/mol. The minimum absolute atomic E-state index is 0.440. The topological polar surface area (TPSA) is 35.5 Å². The van der Waals surface area contributed by atoms with Gasteiger partial charge in [0.25, 0.3) is 0 Å². The molecule has 2 N–H and O–H groups in total. The maximum Gasteiger partial charge on any atom is 0.102 e. The molecule has 3 heteroatoms. The Kier molecular flexibility index (Phi) is 2.28. The highest BCUT2D eigenvalue weighted by molar-refractivity contribution is 4.95. The van der Waals surface area contributed by atoms with E-state index in [1.165, 1.54) is 0 Å². The summed E-state index contributed by atoms with van der Waals surface area (Å²) in [5.74, 6) is 0. The van der Waals surface area contributed by atoms with E-state index in [1.54, 1.807) is 0 Å². The third kappa shape index (κ3) is 1.68. The molecule has 0 aromatic carbocycles. The number of hydrogen-bond donors (Lipinski definition) is 2. The summed E-state index contributed by atoms with van der Waals surface area (Å²) >= 11 is 0. The predicted molar refractivity (Wildman–Crippen MR) is 41.0 cm³/mol. The largest absolute Gasteiger partial charge is 0.386 e. The fraction of sp³-hybridized carbons (Fsp3) is 1.00. The molecule has 0 radical (unpaired) electrons. The second-order valence-electron chi connectivity index (χ2n) is 3.18. The third-order valence-electron chi connectivity index (χ3n) is 1.83. The molecule has 0 atom stereocenters. The number of nitrogens with one attached hydrogen (secondary N) is 1. The summed E-state index contributed by atoms with van der Waals surface area (Å²) in [4.78, 5) is 2.11. The van der Waals surface area contributed by atoms with Crippen molar-refractivity contribution in [2.75, 3.05) is 33.2 Å². The summed E-state index contributed by atoms with van der Waals surface area (Å²) in [6, 6.07) is 0. The van der Waals surface area contributed by atoms with Gasteiger partial charge in [0.15, 0.2) is 0 Å². The Morgan fingerprint density at radius 2 is 2.20 bits per heavy atom. The molecule has 1 aliphatic heterocycles. The molecule has 1 aliphatic rings. The van der Waals surface area contributed by atoms with E-state index in [0.717, 1.165) is 26.2 Å². The summed E-state index contributed by atoms with van der Waals surface area (Å²) < 4.78 is 0. The number of rotatable bonds is 3. The molecule has 1 saturated heterocycles. The van der Waals surface area contributed by atoms with Gasteiger partial charge in [-0.25, -0.2) is 0 Å². The molecule has 0 aliphatic carbocycles. The number of β-amino-alcohol motifs (C(OH)–C–C–N with tert-alkyl or cyclic N) is 1. The number of likely N-dealkylation sites (N-methyl/N-ethyl adjacent to an activating group) is 2. The summed E-state index contributed by atoms with van der Waals surface area (Å²) in [7, 11) is 2.01. The van der Waals surface area contributed by atoms with Gasteiger partial charge >= 0.3 is 0 Å². The van der Waals surface area contributed by atoms with E-state index in [1.807, 2.05) is 14.0 Å². The first-order valence-electron chi connectivity index (χ1n) is 3.78. The lowest BCUT2D eigenvalue weighted by molar-refractivity contribution is -0.0829. The molecule has 1 fully saturated rings. The van der Waals surface area contributed by atoms with E-state index >= 15 is 0 Å². The molecule has 0 spiro atoms. The van der Waals surface area contributed by atoms with Gasteiger partial charge < -0.3 is 15.3 Å². The number of hydrogen-bond acceptors (Lipinski definition) is 3. The quantitative estimate of drug-likeness (QED) is 0.548. The van der Waals surface area contributed by atoms with Crippen LogP contribution in [0.15, 0.2) is 0 Å². The molecular weight excluding hydrogens is 128 g/mol. The molecule has 0 amide bonds. The van der Waals surface area contributed by atoms with Crippen molar-refractivity contribution in [3.05, 3.63) is 0 Å². The van der Waals surface area contributed by atoms with Crippen molar-refractivity contribution in [2.24, 2.45) is 0 Å². The summed E-state index contributed by atoms with van der Waals surface area (Å²) in [5, 5.41) is 12.7. The zero-order valence-electron chi connectivity index (χ0n) is 6.72. The van der Waals surface area contributed by atoms with Crippen LogP contribution in [0.5, 0.6) is 0 Å². The van der Waals surface area contributed by atoms with Gasteiger partial charge in [-0.3, -0.25) is 0 Å². The van der Waals surface area contributed by atoms with Crippen molar-refractivity contribution >= 4 is 0 Å². The molecule has 0 bridgehead atoms. The lowest BCUT2D eigenvalue weighted by Gasteiger charge is -2.44. The fourth-order valence-electron chi connectivity index (χ4n) is 1.43. The molecule has 1 heterocycles. The Balaban J connectivity index is 2.15. The van der Waals surface area contributed by atoms with Gasteiger partial charge in [0.2, 0.25) is 0 Å². The minimum Gasteiger partial charge on any atom is -0.386 e. The monoisotopic (exact) mass is 144 g/mol. The first-order chi connectivity index (χ1) is 4.66. The molecule has 0 aromatic heterocycles. The highest BCUT2D eigenvalue weighted by atomic mass is 16.3. The Morgan fingerprint density at radius 1 is 1.60 bits per heavy atom. The van der Waals surface area contributed by atoms with Crippen molar-refractivity contribution in [1.82, 2.24) is 10.2 Å². The second-order valence-corrected chi connectivity index (χ2v) is 3.18. The Hall–Kier alpha value is -0.120. The van der Waals surface area contributed by atoms with Crippen LogP contribution >= 0.6 is 0 Å². The van der Waals surface area contributed by atoms with Gasteiger partial charge in [-0.05, 0) is 13.6 Å². The van der Waals surface area contributed by atoms with Gasteiger partial charge in [0.1, 0.15) is 5.60 Å². The Morgan fingerprint density at radius 3 is 2.60 bits per heavy atom. The number of aliphatic hydroxyl groups is 1. The summed E-state index contributed by atoms with van der Waals surface area (Å²) in [6.45, 7) is 5.33. The van der Waals surface area contributed by atoms with Crippen LogP contribution in [0.2, 0.25) is 0 Å². The van der Waals surface area contributed by atoms with Crippen LogP contribution in [0.3, 0.4) is 0 Å². The van der Waals surface area contributed by atoms with Crippen molar-refractivity contribution in [1.29, 1.82) is 0 Å². The van der Waals surface area contributed by atoms with E-state index in [-0.39, 0.29) is 0 Å². The Labute approximate surface area is 62.0 Å². The van der Waals surface area contributed by atoms with Gasteiger partial charge in [-0.2, -0.15) is 0 Å². The lowest BCUT2D eigenvalue weighted by Crippen LogP contribution is -2.64. The van der Waals surface area contributed by atoms with E-state index < -0.39 is 5.60 Å². The lowest BCUT2D eigenvalue weighted by atomic mass is 9.95. The van der Waals surface area contributed by atoms with Gasteiger partial charge in [-0.1, -0.05) is 6.92 Å². The SMILES string of the molecule is CCNCC1(O)CN(C)C1. The molecule has 1 rings (SSSR count). The zero-order valence-corrected chi connectivity index (χ0v) is 6.72. The van der Waals surface area contributed by atoms with Crippen molar-refractivity contribution in [2.45, 2.75) is 12.5 Å². The van der Waals surface area contributed by atoms with Crippen LogP contribution in [0, 0.1) is 0 Å². The maximum atomic E-state index is 9.61. The van der Waals surface area contributed by atoms with Gasteiger partial charge in [0.05, 0.1) is 0 Å². The summed E-state index contributed by atoms with van der Waals surface area (Å²) in [5.41, 5.74) is -0.440. The van der Waals surface area contributed by atoms with Gasteiger partial charge in [-0.15, -0.1) is 0 Å². The molecular formula is C7H16N2O. The molecule has 0 saturated carbocycles. The second kappa shape index (κ2) is 2.86. The van der Waals surface area contributed by atoms with Crippen LogP contribution < -0.4 is 5.32 Å². The highest BCUT2D eigenvalue weighted by Crippen LogP contribution is 2.16. The number of nitrogens with zero attached hydrogens (tertiary/aromatic N) is 1. The van der Waals surface area contributed by atoms with Crippen molar-refractivity contribution in [3.8, 4) is 0 Å². The molecule has 60 valence electrons. The van der Waals surface area contributed by atoms with E-state index in [0.29, 0.717) is 0 Å². The summed E-state index contributed by atoms with van der Waals surface area (Å²) in [6.07, 6.45) is 0. The van der Waals surface area contributed by atoms with Gasteiger partial charge in [0, 0.05) is 19.6 Å².